The van der Waals surface area contributed by atoms with Crippen LogP contribution in [0.3, 0.4) is 0 Å². The van der Waals surface area contributed by atoms with E-state index in [-0.39, 0.29) is 29.5 Å². The number of nitrogens with two attached hydrogens (primary N) is 1. The highest BCUT2D eigenvalue weighted by molar-refractivity contribution is 5.91. The molecule has 0 saturated carbocycles. The highest BCUT2D eigenvalue weighted by atomic mass is 19.4. The van der Waals surface area contributed by atoms with E-state index < -0.39 is 17.8 Å². The number of benzene rings is 1. The van der Waals surface area contributed by atoms with Crippen molar-refractivity contribution < 1.29 is 27.4 Å². The normalized spacial score (nSPS) is 10.9. The Balaban J connectivity index is 2.24. The molecule has 2 amide bonds. The van der Waals surface area contributed by atoms with Crippen molar-refractivity contribution in [2.75, 3.05) is 12.4 Å². The third-order valence-corrected chi connectivity index (χ3v) is 3.09. The molecule has 2 rings (SSSR count). The molecule has 0 radical (unpaired) electrons. The Morgan fingerprint density at radius 2 is 2.08 bits per heavy atom. The number of alkyl halides is 3. The minimum absolute atomic E-state index is 0.0648. The fourth-order valence-corrected chi connectivity index (χ4v) is 1.96. The summed E-state index contributed by atoms with van der Waals surface area (Å²) in [5.74, 6) is 5.42. The Kier molecular flexibility index (Phi) is 5.65. The zero-order chi connectivity index (χ0) is 18.4. The molecule has 1 heterocycles. The second-order valence-corrected chi connectivity index (χ2v) is 4.76. The molecule has 1 aromatic heterocycles. The zero-order valence-corrected chi connectivity index (χ0v) is 13.1. The average Bonchev–Trinajstić information content (AvgIpc) is 2.59. The quantitative estimate of drug-likeness (QED) is 0.435. The molecular formula is C15H15F3N4O3. The lowest BCUT2D eigenvalue weighted by Crippen LogP contribution is -2.34. The van der Waals surface area contributed by atoms with Gasteiger partial charge < -0.3 is 14.8 Å². The number of hydrogen-bond donors (Lipinski definition) is 3. The van der Waals surface area contributed by atoms with Crippen LogP contribution in [0.4, 0.5) is 23.7 Å². The van der Waals surface area contributed by atoms with Gasteiger partial charge in [0.2, 0.25) is 0 Å². The van der Waals surface area contributed by atoms with E-state index in [1.165, 1.54) is 13.2 Å². The number of nitrogens with one attached hydrogen (secondary N) is 2. The van der Waals surface area contributed by atoms with Crippen LogP contribution in [0, 0.1) is 0 Å². The van der Waals surface area contributed by atoms with E-state index in [1.807, 2.05) is 5.43 Å². The summed E-state index contributed by atoms with van der Waals surface area (Å²) in [6.07, 6.45) is -3.43. The van der Waals surface area contributed by atoms with Crippen molar-refractivity contribution >= 4 is 11.7 Å². The number of carbonyl (C=O) groups is 1. The average molecular weight is 356 g/mol. The minimum atomic E-state index is -4.48. The number of halogens is 3. The summed E-state index contributed by atoms with van der Waals surface area (Å²) in [6, 6.07) is 5.74. The molecule has 0 aliphatic carbocycles. The van der Waals surface area contributed by atoms with Gasteiger partial charge in [0.05, 0.1) is 24.1 Å². The van der Waals surface area contributed by atoms with Gasteiger partial charge in [0.25, 0.3) is 0 Å². The highest BCUT2D eigenvalue weighted by Crippen LogP contribution is 2.36. The van der Waals surface area contributed by atoms with Crippen molar-refractivity contribution in [3.05, 3.63) is 47.8 Å². The predicted molar refractivity (Wildman–Crippen MR) is 82.9 cm³/mol. The number of hydrogen-bond acceptors (Lipinski definition) is 5. The number of anilines is 1. The Labute approximate surface area is 140 Å². The maximum absolute atomic E-state index is 12.7. The van der Waals surface area contributed by atoms with Gasteiger partial charge in [-0.15, -0.1) is 0 Å². The van der Waals surface area contributed by atoms with Gasteiger partial charge in [0.1, 0.15) is 6.61 Å². The molecule has 0 aliphatic rings. The smallest absolute Gasteiger partial charge is 0.416 e. The topological polar surface area (TPSA) is 98.5 Å². The van der Waals surface area contributed by atoms with Crippen LogP contribution >= 0.6 is 0 Å². The van der Waals surface area contributed by atoms with E-state index >= 15 is 0 Å². The second kappa shape index (κ2) is 7.71. The van der Waals surface area contributed by atoms with Crippen LogP contribution in [0.2, 0.25) is 0 Å². The van der Waals surface area contributed by atoms with E-state index in [1.54, 1.807) is 12.1 Å². The Hall–Kier alpha value is -3.01. The molecule has 0 unspecified atom stereocenters. The van der Waals surface area contributed by atoms with E-state index in [0.717, 1.165) is 18.3 Å². The van der Waals surface area contributed by atoms with Crippen molar-refractivity contribution in [3.8, 4) is 11.5 Å². The molecule has 0 fully saturated rings. The summed E-state index contributed by atoms with van der Waals surface area (Å²) in [4.78, 5) is 15.2. The first-order chi connectivity index (χ1) is 11.8. The van der Waals surface area contributed by atoms with Crippen molar-refractivity contribution in [2.24, 2.45) is 5.84 Å². The number of para-hydroxylation sites is 1. The number of methoxy groups -OCH3 is 1. The molecule has 0 spiro atoms. The fourth-order valence-electron chi connectivity index (χ4n) is 1.96. The van der Waals surface area contributed by atoms with Crippen LogP contribution < -0.4 is 26.1 Å². The number of nitrogens with zero attached hydrogens (tertiary/aromatic N) is 1. The van der Waals surface area contributed by atoms with E-state index in [0.29, 0.717) is 0 Å². The van der Waals surface area contributed by atoms with Gasteiger partial charge in [-0.1, -0.05) is 6.07 Å². The van der Waals surface area contributed by atoms with Crippen molar-refractivity contribution in [2.45, 2.75) is 12.8 Å². The third kappa shape index (κ3) is 4.73. The number of rotatable bonds is 5. The van der Waals surface area contributed by atoms with Gasteiger partial charge in [0, 0.05) is 6.20 Å². The summed E-state index contributed by atoms with van der Waals surface area (Å²) in [6.45, 7) is -0.261. The van der Waals surface area contributed by atoms with Gasteiger partial charge in [-0.05, 0) is 24.3 Å². The van der Waals surface area contributed by atoms with Crippen molar-refractivity contribution in [1.82, 2.24) is 10.4 Å². The summed E-state index contributed by atoms with van der Waals surface area (Å²) >= 11 is 0. The van der Waals surface area contributed by atoms with Crippen molar-refractivity contribution in [3.63, 3.8) is 0 Å². The zero-order valence-electron chi connectivity index (χ0n) is 13.1. The summed E-state index contributed by atoms with van der Waals surface area (Å²) in [5.41, 5.74) is 1.36. The van der Waals surface area contributed by atoms with Crippen LogP contribution in [0.25, 0.3) is 0 Å². The number of pyridine rings is 1. The molecule has 0 atom stereocenters. The molecule has 10 heteroatoms. The number of carbonyl (C=O) groups excluding carboxylic acids is 1. The second-order valence-electron chi connectivity index (χ2n) is 4.76. The van der Waals surface area contributed by atoms with Crippen molar-refractivity contribution in [1.29, 1.82) is 0 Å². The van der Waals surface area contributed by atoms with Gasteiger partial charge in [0.15, 0.2) is 11.5 Å². The molecule has 4 N–H and O–H groups in total. The van der Waals surface area contributed by atoms with Crippen LogP contribution in [0.1, 0.15) is 11.3 Å². The summed E-state index contributed by atoms with van der Waals surface area (Å²) in [5, 5.41) is 2.43. The lowest BCUT2D eigenvalue weighted by molar-refractivity contribution is -0.137. The number of aromatic nitrogens is 1. The van der Waals surface area contributed by atoms with E-state index in [4.69, 9.17) is 15.3 Å². The van der Waals surface area contributed by atoms with Gasteiger partial charge in [-0.2, -0.15) is 13.2 Å². The SMILES string of the molecule is COc1cccc(NC(=O)NN)c1OCc1cc(C(F)(F)F)ccn1. The number of hydrazine groups is 1. The molecule has 0 bridgehead atoms. The molecule has 7 nitrogen and oxygen atoms in total. The first-order valence-electron chi connectivity index (χ1n) is 6.94. The highest BCUT2D eigenvalue weighted by Gasteiger charge is 2.30. The summed E-state index contributed by atoms with van der Waals surface area (Å²) in [7, 11) is 1.39. The first-order valence-corrected chi connectivity index (χ1v) is 6.94. The third-order valence-electron chi connectivity index (χ3n) is 3.09. The van der Waals surface area contributed by atoms with Crippen LogP contribution in [-0.2, 0) is 12.8 Å². The standard InChI is InChI=1S/C15H15F3N4O3/c1-24-12-4-2-3-11(21-14(23)22-19)13(12)25-8-10-7-9(5-6-20-10)15(16,17)18/h2-7H,8,19H2,1H3,(H2,21,22,23). The van der Waals surface area contributed by atoms with Gasteiger partial charge >= 0.3 is 12.2 Å². The Morgan fingerprint density at radius 1 is 1.32 bits per heavy atom. The van der Waals surface area contributed by atoms with Crippen LogP contribution in [0.5, 0.6) is 11.5 Å². The summed E-state index contributed by atoms with van der Waals surface area (Å²) < 4.78 is 48.9. The molecule has 0 saturated heterocycles. The molecule has 25 heavy (non-hydrogen) atoms. The molecule has 2 aromatic rings. The monoisotopic (exact) mass is 356 g/mol. The molecule has 0 aliphatic heterocycles. The fraction of sp³-hybridized carbons (Fsp3) is 0.200. The lowest BCUT2D eigenvalue weighted by atomic mass is 10.2. The first kappa shape index (κ1) is 18.3. The number of amides is 2. The van der Waals surface area contributed by atoms with Gasteiger partial charge in [-0.3, -0.25) is 10.4 Å². The number of urea groups is 1. The predicted octanol–water partition coefficient (Wildman–Crippen LogP) is 2.68. The van der Waals surface area contributed by atoms with Crippen LogP contribution in [0.15, 0.2) is 36.5 Å². The van der Waals surface area contributed by atoms with E-state index in [9.17, 15) is 18.0 Å². The maximum Gasteiger partial charge on any atom is 0.416 e. The molecule has 134 valence electrons. The molecular weight excluding hydrogens is 341 g/mol. The molecule has 1 aromatic carbocycles. The Morgan fingerprint density at radius 3 is 2.72 bits per heavy atom. The van der Waals surface area contributed by atoms with Gasteiger partial charge in [-0.25, -0.2) is 10.6 Å². The number of ether oxygens (including phenoxy) is 2. The van der Waals surface area contributed by atoms with E-state index in [2.05, 4.69) is 10.3 Å². The maximum atomic E-state index is 12.7. The Bertz CT molecular complexity index is 753. The largest absolute Gasteiger partial charge is 0.493 e. The lowest BCUT2D eigenvalue weighted by Gasteiger charge is -2.15. The van der Waals surface area contributed by atoms with Crippen LogP contribution in [-0.4, -0.2) is 18.1 Å². The minimum Gasteiger partial charge on any atom is -0.493 e.